The monoisotopic (exact) mass is 332 g/mol. The van der Waals surface area contributed by atoms with Crippen LogP contribution in [-0.2, 0) is 19.6 Å². The molecular formula is C13H24N4O4S. The summed E-state index contributed by atoms with van der Waals surface area (Å²) in [6.45, 7) is 5.82. The van der Waals surface area contributed by atoms with Gasteiger partial charge in [0, 0.05) is 52.4 Å². The van der Waals surface area contributed by atoms with Crippen molar-refractivity contribution in [2.75, 3.05) is 58.1 Å². The van der Waals surface area contributed by atoms with E-state index in [4.69, 9.17) is 0 Å². The Morgan fingerprint density at radius 1 is 1.14 bits per heavy atom. The third-order valence-corrected chi connectivity index (χ3v) is 6.20. The maximum atomic E-state index is 12.4. The fourth-order valence-corrected chi connectivity index (χ4v) is 4.50. The molecule has 1 atom stereocenters. The SMILES string of the molecule is CC(CS(=O)(=O)N1CCNCC1)C(=O)N1CCN(C=O)CC1. The van der Waals surface area contributed by atoms with Crippen LogP contribution in [0, 0.1) is 5.92 Å². The van der Waals surface area contributed by atoms with Crippen LogP contribution in [-0.4, -0.2) is 93.0 Å². The number of amides is 2. The molecule has 2 amide bonds. The summed E-state index contributed by atoms with van der Waals surface area (Å²) in [7, 11) is -3.40. The molecule has 0 aromatic heterocycles. The quantitative estimate of drug-likeness (QED) is 0.598. The van der Waals surface area contributed by atoms with Crippen LogP contribution >= 0.6 is 0 Å². The van der Waals surface area contributed by atoms with Crippen LogP contribution < -0.4 is 5.32 Å². The minimum atomic E-state index is -3.40. The van der Waals surface area contributed by atoms with E-state index in [-0.39, 0.29) is 11.7 Å². The topological polar surface area (TPSA) is 90.0 Å². The maximum absolute atomic E-state index is 12.4. The number of piperazine rings is 2. The van der Waals surface area contributed by atoms with Gasteiger partial charge in [0.15, 0.2) is 0 Å². The summed E-state index contributed by atoms with van der Waals surface area (Å²) < 4.78 is 26.2. The normalized spacial score (nSPS) is 22.4. The number of nitrogens with one attached hydrogen (secondary N) is 1. The lowest BCUT2D eigenvalue weighted by Gasteiger charge is -2.34. The van der Waals surface area contributed by atoms with E-state index < -0.39 is 15.9 Å². The molecule has 2 saturated heterocycles. The highest BCUT2D eigenvalue weighted by Crippen LogP contribution is 2.12. The number of sulfonamides is 1. The van der Waals surface area contributed by atoms with Gasteiger partial charge in [0.2, 0.25) is 22.3 Å². The minimum absolute atomic E-state index is 0.149. The first-order valence-electron chi connectivity index (χ1n) is 7.60. The molecule has 2 heterocycles. The van der Waals surface area contributed by atoms with Crippen LogP contribution in [0.5, 0.6) is 0 Å². The summed E-state index contributed by atoms with van der Waals surface area (Å²) in [6.07, 6.45) is 0.778. The Hall–Kier alpha value is -1.19. The molecule has 2 fully saturated rings. The largest absolute Gasteiger partial charge is 0.342 e. The molecule has 0 bridgehead atoms. The Labute approximate surface area is 131 Å². The smallest absolute Gasteiger partial charge is 0.226 e. The first-order valence-corrected chi connectivity index (χ1v) is 9.21. The lowest BCUT2D eigenvalue weighted by Crippen LogP contribution is -2.51. The van der Waals surface area contributed by atoms with Crippen molar-refractivity contribution < 1.29 is 18.0 Å². The highest BCUT2D eigenvalue weighted by atomic mass is 32.2. The Morgan fingerprint density at radius 3 is 2.27 bits per heavy atom. The maximum Gasteiger partial charge on any atom is 0.226 e. The van der Waals surface area contributed by atoms with Crippen LogP contribution in [0.1, 0.15) is 6.92 Å². The van der Waals surface area contributed by atoms with E-state index in [0.29, 0.717) is 52.4 Å². The zero-order valence-electron chi connectivity index (χ0n) is 12.9. The zero-order valence-corrected chi connectivity index (χ0v) is 13.7. The average molecular weight is 332 g/mol. The van der Waals surface area contributed by atoms with Crippen molar-refractivity contribution >= 4 is 22.3 Å². The third kappa shape index (κ3) is 4.17. The number of rotatable bonds is 5. The lowest BCUT2D eigenvalue weighted by atomic mass is 10.1. The predicted molar refractivity (Wildman–Crippen MR) is 81.6 cm³/mol. The molecule has 2 aliphatic heterocycles. The van der Waals surface area contributed by atoms with E-state index in [9.17, 15) is 18.0 Å². The van der Waals surface area contributed by atoms with Gasteiger partial charge in [-0.1, -0.05) is 6.92 Å². The molecule has 0 aromatic rings. The van der Waals surface area contributed by atoms with Gasteiger partial charge in [-0.3, -0.25) is 9.59 Å². The van der Waals surface area contributed by atoms with Crippen molar-refractivity contribution in [3.63, 3.8) is 0 Å². The number of carbonyl (C=O) groups excluding carboxylic acids is 2. The number of nitrogens with zero attached hydrogens (tertiary/aromatic N) is 3. The second-order valence-corrected chi connectivity index (χ2v) is 7.81. The van der Waals surface area contributed by atoms with Crippen molar-refractivity contribution in [3.8, 4) is 0 Å². The molecule has 0 aliphatic carbocycles. The Bertz CT molecular complexity index is 496. The summed E-state index contributed by atoms with van der Waals surface area (Å²) in [5.74, 6) is -0.869. The van der Waals surface area contributed by atoms with Crippen LogP contribution in [0.2, 0.25) is 0 Å². The van der Waals surface area contributed by atoms with Crippen LogP contribution in [0.15, 0.2) is 0 Å². The molecule has 0 spiro atoms. The van der Waals surface area contributed by atoms with Gasteiger partial charge in [0.05, 0.1) is 11.7 Å². The first kappa shape index (κ1) is 17.2. The van der Waals surface area contributed by atoms with Gasteiger partial charge in [-0.05, 0) is 0 Å². The van der Waals surface area contributed by atoms with Crippen molar-refractivity contribution in [1.82, 2.24) is 19.4 Å². The summed E-state index contributed by atoms with van der Waals surface area (Å²) in [5, 5.41) is 3.11. The molecule has 0 radical (unpaired) electrons. The van der Waals surface area contributed by atoms with Gasteiger partial charge in [-0.15, -0.1) is 0 Å². The summed E-state index contributed by atoms with van der Waals surface area (Å²) in [5.41, 5.74) is 0. The highest BCUT2D eigenvalue weighted by Gasteiger charge is 2.31. The molecule has 9 heteroatoms. The Morgan fingerprint density at radius 2 is 1.73 bits per heavy atom. The third-order valence-electron chi connectivity index (χ3n) is 4.13. The van der Waals surface area contributed by atoms with E-state index in [1.165, 1.54) is 4.31 Å². The van der Waals surface area contributed by atoms with Crippen molar-refractivity contribution in [2.45, 2.75) is 6.92 Å². The van der Waals surface area contributed by atoms with Gasteiger partial charge in [-0.2, -0.15) is 4.31 Å². The zero-order chi connectivity index (χ0) is 16.2. The fraction of sp³-hybridized carbons (Fsp3) is 0.846. The molecular weight excluding hydrogens is 308 g/mol. The fourth-order valence-electron chi connectivity index (χ4n) is 2.77. The van der Waals surface area contributed by atoms with E-state index >= 15 is 0 Å². The second-order valence-electron chi connectivity index (χ2n) is 5.80. The van der Waals surface area contributed by atoms with Gasteiger partial charge in [-0.25, -0.2) is 8.42 Å². The Balaban J connectivity index is 1.89. The van der Waals surface area contributed by atoms with Crippen molar-refractivity contribution in [3.05, 3.63) is 0 Å². The van der Waals surface area contributed by atoms with E-state index in [2.05, 4.69) is 5.32 Å². The van der Waals surface area contributed by atoms with Crippen LogP contribution in [0.3, 0.4) is 0 Å². The molecule has 1 N–H and O–H groups in total. The van der Waals surface area contributed by atoms with Gasteiger partial charge in [0.25, 0.3) is 0 Å². The van der Waals surface area contributed by atoms with Gasteiger partial charge in [0.1, 0.15) is 0 Å². The van der Waals surface area contributed by atoms with Gasteiger partial charge >= 0.3 is 0 Å². The molecule has 1 unspecified atom stereocenters. The van der Waals surface area contributed by atoms with E-state index in [0.717, 1.165) is 6.41 Å². The molecule has 126 valence electrons. The number of hydrogen-bond acceptors (Lipinski definition) is 5. The summed E-state index contributed by atoms with van der Waals surface area (Å²) in [6, 6.07) is 0. The molecule has 0 saturated carbocycles. The minimum Gasteiger partial charge on any atom is -0.342 e. The first-order chi connectivity index (χ1) is 10.4. The van der Waals surface area contributed by atoms with Gasteiger partial charge < -0.3 is 15.1 Å². The molecule has 22 heavy (non-hydrogen) atoms. The molecule has 2 aliphatic rings. The highest BCUT2D eigenvalue weighted by molar-refractivity contribution is 7.89. The molecule has 2 rings (SSSR count). The second kappa shape index (κ2) is 7.38. The van der Waals surface area contributed by atoms with Crippen molar-refractivity contribution in [2.24, 2.45) is 5.92 Å². The molecule has 0 aromatic carbocycles. The average Bonchev–Trinajstić information content (AvgIpc) is 2.54. The number of hydrogen-bond donors (Lipinski definition) is 1. The van der Waals surface area contributed by atoms with Crippen LogP contribution in [0.4, 0.5) is 0 Å². The number of carbonyl (C=O) groups is 2. The van der Waals surface area contributed by atoms with Crippen LogP contribution in [0.25, 0.3) is 0 Å². The standard InChI is InChI=1S/C13H24N4O4S/c1-12(10-22(20,21)17-4-2-14-3-5-17)13(19)16-8-6-15(11-18)7-9-16/h11-12,14H,2-10H2,1H3. The van der Waals surface area contributed by atoms with Crippen molar-refractivity contribution in [1.29, 1.82) is 0 Å². The molecule has 8 nitrogen and oxygen atoms in total. The Kier molecular flexibility index (Phi) is 5.76. The summed E-state index contributed by atoms with van der Waals surface area (Å²) >= 11 is 0. The summed E-state index contributed by atoms with van der Waals surface area (Å²) in [4.78, 5) is 26.3. The van der Waals surface area contributed by atoms with E-state index in [1.54, 1.807) is 16.7 Å². The van der Waals surface area contributed by atoms with E-state index in [1.807, 2.05) is 0 Å². The predicted octanol–water partition coefficient (Wildman–Crippen LogP) is -1.84. The lowest BCUT2D eigenvalue weighted by molar-refractivity contribution is -0.137.